The Morgan fingerprint density at radius 1 is 1.00 bits per heavy atom. The van der Waals surface area contributed by atoms with Crippen molar-refractivity contribution in [1.29, 1.82) is 0 Å². The second-order valence-electron chi connectivity index (χ2n) is 8.36. The largest absolute Gasteiger partial charge is 0.326 e. The highest BCUT2D eigenvalue weighted by molar-refractivity contribution is 6.00. The number of aromatic nitrogens is 2. The second kappa shape index (κ2) is 10.7. The molecule has 0 radical (unpaired) electrons. The third kappa shape index (κ3) is 5.55. The molecule has 0 aliphatic carbocycles. The Morgan fingerprint density at radius 2 is 1.74 bits per heavy atom. The van der Waals surface area contributed by atoms with E-state index in [1.165, 1.54) is 4.90 Å². The molecule has 6 nitrogen and oxygen atoms in total. The minimum absolute atomic E-state index is 0.124. The van der Waals surface area contributed by atoms with Gasteiger partial charge in [0.2, 0.25) is 11.9 Å². The van der Waals surface area contributed by atoms with E-state index in [1.807, 2.05) is 97.4 Å². The summed E-state index contributed by atoms with van der Waals surface area (Å²) in [6, 6.07) is 25.1. The molecule has 2 amide bonds. The quantitative estimate of drug-likeness (QED) is 0.354. The zero-order valence-corrected chi connectivity index (χ0v) is 19.9. The van der Waals surface area contributed by atoms with E-state index >= 15 is 0 Å². The molecule has 0 spiro atoms. The van der Waals surface area contributed by atoms with E-state index in [1.54, 1.807) is 12.1 Å². The highest BCUT2D eigenvalue weighted by atomic mass is 16.2. The fourth-order valence-corrected chi connectivity index (χ4v) is 3.89. The normalized spacial score (nSPS) is 10.6. The number of benzene rings is 3. The SMILES string of the molecule is C=CCN(CC(=O)Nc1nc(-c2ccccc2)cn1-c1cccc(C)c1)C(=O)c1ccccc1C. The molecule has 0 atom stereocenters. The third-order valence-corrected chi connectivity index (χ3v) is 5.65. The van der Waals surface area contributed by atoms with Gasteiger partial charge in [0.25, 0.3) is 5.91 Å². The maximum Gasteiger partial charge on any atom is 0.254 e. The summed E-state index contributed by atoms with van der Waals surface area (Å²) in [4.78, 5) is 32.4. The summed E-state index contributed by atoms with van der Waals surface area (Å²) < 4.78 is 1.86. The van der Waals surface area contributed by atoms with Crippen LogP contribution in [0.2, 0.25) is 0 Å². The van der Waals surface area contributed by atoms with Gasteiger partial charge in [-0.3, -0.25) is 19.5 Å². The first-order chi connectivity index (χ1) is 17.0. The Balaban J connectivity index is 1.62. The predicted molar refractivity (Wildman–Crippen MR) is 140 cm³/mol. The third-order valence-electron chi connectivity index (χ3n) is 5.65. The number of rotatable bonds is 8. The van der Waals surface area contributed by atoms with E-state index in [0.29, 0.717) is 11.5 Å². The fourth-order valence-electron chi connectivity index (χ4n) is 3.89. The number of carbonyl (C=O) groups excluding carboxylic acids is 2. The van der Waals surface area contributed by atoms with Gasteiger partial charge in [-0.05, 0) is 43.2 Å². The van der Waals surface area contributed by atoms with Crippen LogP contribution < -0.4 is 5.32 Å². The van der Waals surface area contributed by atoms with Gasteiger partial charge in [-0.25, -0.2) is 4.98 Å². The molecule has 0 aliphatic rings. The van der Waals surface area contributed by atoms with E-state index in [4.69, 9.17) is 4.98 Å². The summed E-state index contributed by atoms with van der Waals surface area (Å²) in [6.45, 7) is 7.77. The average molecular weight is 465 g/mol. The Hall–Kier alpha value is -4.45. The molecule has 0 fully saturated rings. The van der Waals surface area contributed by atoms with Crippen LogP contribution in [0.1, 0.15) is 21.5 Å². The van der Waals surface area contributed by atoms with Crippen molar-refractivity contribution in [2.45, 2.75) is 13.8 Å². The Bertz CT molecular complexity index is 1360. The molecule has 35 heavy (non-hydrogen) atoms. The molecule has 4 aromatic rings. The van der Waals surface area contributed by atoms with Crippen LogP contribution in [0.4, 0.5) is 5.95 Å². The lowest BCUT2D eigenvalue weighted by Crippen LogP contribution is -2.38. The number of imidazole rings is 1. The Labute approximate surface area is 205 Å². The molecule has 0 saturated heterocycles. The number of carbonyl (C=O) groups is 2. The second-order valence-corrected chi connectivity index (χ2v) is 8.36. The van der Waals surface area contributed by atoms with Gasteiger partial charge < -0.3 is 4.90 Å². The Morgan fingerprint density at radius 3 is 2.46 bits per heavy atom. The van der Waals surface area contributed by atoms with Crippen molar-refractivity contribution in [2.24, 2.45) is 0 Å². The summed E-state index contributed by atoms with van der Waals surface area (Å²) in [6.07, 6.45) is 3.52. The number of hydrogen-bond acceptors (Lipinski definition) is 3. The van der Waals surface area contributed by atoms with Gasteiger partial charge in [0.1, 0.15) is 6.54 Å². The van der Waals surface area contributed by atoms with Crippen LogP contribution in [0.15, 0.2) is 97.7 Å². The molecule has 6 heteroatoms. The first-order valence-corrected chi connectivity index (χ1v) is 11.4. The number of anilines is 1. The number of aryl methyl sites for hydroxylation is 2. The topological polar surface area (TPSA) is 67.2 Å². The molecular formula is C29H28N4O2. The van der Waals surface area contributed by atoms with Crippen molar-refractivity contribution in [3.05, 3.63) is 114 Å². The number of nitrogens with zero attached hydrogens (tertiary/aromatic N) is 3. The van der Waals surface area contributed by atoms with Crippen molar-refractivity contribution < 1.29 is 9.59 Å². The summed E-state index contributed by atoms with van der Waals surface area (Å²) in [7, 11) is 0. The van der Waals surface area contributed by atoms with E-state index in [9.17, 15) is 9.59 Å². The minimum Gasteiger partial charge on any atom is -0.326 e. The average Bonchev–Trinajstić information content (AvgIpc) is 3.28. The zero-order valence-electron chi connectivity index (χ0n) is 19.9. The van der Waals surface area contributed by atoms with Crippen LogP contribution >= 0.6 is 0 Å². The maximum atomic E-state index is 13.1. The van der Waals surface area contributed by atoms with Crippen LogP contribution in [0.25, 0.3) is 16.9 Å². The van der Waals surface area contributed by atoms with Gasteiger partial charge in [0.05, 0.1) is 5.69 Å². The lowest BCUT2D eigenvalue weighted by Gasteiger charge is -2.21. The molecule has 0 bridgehead atoms. The molecule has 1 N–H and O–H groups in total. The summed E-state index contributed by atoms with van der Waals surface area (Å²) in [5.74, 6) is -0.167. The van der Waals surface area contributed by atoms with Gasteiger partial charge in [0.15, 0.2) is 0 Å². The van der Waals surface area contributed by atoms with E-state index < -0.39 is 0 Å². The van der Waals surface area contributed by atoms with Crippen LogP contribution in [0.3, 0.4) is 0 Å². The fraction of sp³-hybridized carbons (Fsp3) is 0.138. The monoisotopic (exact) mass is 464 g/mol. The predicted octanol–water partition coefficient (Wildman–Crippen LogP) is 5.42. The van der Waals surface area contributed by atoms with Crippen LogP contribution in [0, 0.1) is 13.8 Å². The van der Waals surface area contributed by atoms with Crippen molar-refractivity contribution in [2.75, 3.05) is 18.4 Å². The smallest absolute Gasteiger partial charge is 0.254 e. The van der Waals surface area contributed by atoms with E-state index in [0.717, 1.165) is 28.1 Å². The van der Waals surface area contributed by atoms with Crippen molar-refractivity contribution in [1.82, 2.24) is 14.5 Å². The first-order valence-electron chi connectivity index (χ1n) is 11.4. The highest BCUT2D eigenvalue weighted by Gasteiger charge is 2.21. The van der Waals surface area contributed by atoms with Gasteiger partial charge in [0, 0.05) is 29.6 Å². The molecule has 1 aromatic heterocycles. The first kappa shape index (κ1) is 23.7. The molecule has 3 aromatic carbocycles. The van der Waals surface area contributed by atoms with E-state index in [2.05, 4.69) is 11.9 Å². The van der Waals surface area contributed by atoms with Gasteiger partial charge in [-0.2, -0.15) is 0 Å². The maximum absolute atomic E-state index is 13.1. The summed E-state index contributed by atoms with van der Waals surface area (Å²) in [5, 5.41) is 2.91. The van der Waals surface area contributed by atoms with Crippen LogP contribution in [0.5, 0.6) is 0 Å². The minimum atomic E-state index is -0.340. The van der Waals surface area contributed by atoms with Crippen molar-refractivity contribution in [3.63, 3.8) is 0 Å². The Kier molecular flexibility index (Phi) is 7.21. The van der Waals surface area contributed by atoms with Gasteiger partial charge in [-0.15, -0.1) is 6.58 Å². The number of amides is 2. The van der Waals surface area contributed by atoms with Crippen molar-refractivity contribution >= 4 is 17.8 Å². The highest BCUT2D eigenvalue weighted by Crippen LogP contribution is 2.25. The van der Waals surface area contributed by atoms with E-state index in [-0.39, 0.29) is 24.9 Å². The van der Waals surface area contributed by atoms with Crippen LogP contribution in [-0.4, -0.2) is 39.4 Å². The standard InChI is InChI=1S/C29H28N4O2/c1-4-17-32(28(35)25-16-9-8-12-22(25)3)20-27(34)31-29-30-26(23-13-6-5-7-14-23)19-33(29)24-15-10-11-21(2)18-24/h4-16,18-19H,1,17,20H2,2-3H3,(H,30,31,34). The molecule has 0 aliphatic heterocycles. The molecule has 0 saturated carbocycles. The van der Waals surface area contributed by atoms with Crippen LogP contribution in [-0.2, 0) is 4.79 Å². The molecule has 4 rings (SSSR count). The van der Waals surface area contributed by atoms with Crippen molar-refractivity contribution in [3.8, 4) is 16.9 Å². The summed E-state index contributed by atoms with van der Waals surface area (Å²) >= 11 is 0. The molecule has 0 unspecified atom stereocenters. The van der Waals surface area contributed by atoms with Gasteiger partial charge in [-0.1, -0.05) is 66.7 Å². The molecule has 1 heterocycles. The lowest BCUT2D eigenvalue weighted by molar-refractivity contribution is -0.116. The number of nitrogens with one attached hydrogen (secondary N) is 1. The molecule has 176 valence electrons. The zero-order chi connectivity index (χ0) is 24.8. The molecular weight excluding hydrogens is 436 g/mol. The van der Waals surface area contributed by atoms with Gasteiger partial charge >= 0.3 is 0 Å². The number of hydrogen-bond donors (Lipinski definition) is 1. The lowest BCUT2D eigenvalue weighted by atomic mass is 10.1. The summed E-state index contributed by atoms with van der Waals surface area (Å²) in [5.41, 5.74) is 5.08.